The average Bonchev–Trinajstić information content (AvgIpc) is 2.25. The maximum Gasteiger partial charge on any atom is 0.265 e. The van der Waals surface area contributed by atoms with Crippen LogP contribution in [0.25, 0.3) is 0 Å². The summed E-state index contributed by atoms with van der Waals surface area (Å²) in [4.78, 5) is 0. The Morgan fingerprint density at radius 1 is 1.29 bits per heavy atom. The number of aliphatic hydroxyl groups is 1. The molecule has 1 rings (SSSR count). The first-order chi connectivity index (χ1) is 7.91. The monoisotopic (exact) mass is 247 g/mol. The molecule has 0 saturated heterocycles. The van der Waals surface area contributed by atoms with Gasteiger partial charge in [-0.25, -0.2) is 8.78 Å². The molecule has 2 unspecified atom stereocenters. The molecule has 1 aromatic rings. The van der Waals surface area contributed by atoms with Crippen molar-refractivity contribution in [2.75, 3.05) is 6.54 Å². The lowest BCUT2D eigenvalue weighted by molar-refractivity contribution is -0.00441. The van der Waals surface area contributed by atoms with Crippen molar-refractivity contribution in [2.24, 2.45) is 0 Å². The van der Waals surface area contributed by atoms with Crippen LogP contribution >= 0.6 is 0 Å². The summed E-state index contributed by atoms with van der Waals surface area (Å²) in [5.74, 6) is -0.206. The fourth-order valence-corrected chi connectivity index (χ4v) is 1.39. The number of hydrogen-bond acceptors (Lipinski definition) is 4. The van der Waals surface area contributed by atoms with Gasteiger partial charge in [-0.3, -0.25) is 0 Å². The Kier molecular flexibility index (Phi) is 4.65. The topological polar surface area (TPSA) is 72.7 Å². The first kappa shape index (κ1) is 13.7. The molecule has 0 radical (unpaired) electrons. The van der Waals surface area contributed by atoms with Crippen molar-refractivity contribution >= 4 is 0 Å². The van der Waals surface area contributed by atoms with E-state index in [4.69, 9.17) is 10.2 Å². The Hall–Kier alpha value is -1.40. The molecule has 4 nitrogen and oxygen atoms in total. The van der Waals surface area contributed by atoms with Gasteiger partial charge >= 0.3 is 0 Å². The number of rotatable bonds is 5. The molecule has 0 spiro atoms. The highest BCUT2D eigenvalue weighted by atomic mass is 19.3. The minimum absolute atomic E-state index is 0.0777. The van der Waals surface area contributed by atoms with Gasteiger partial charge in [0.15, 0.2) is 0 Å². The standard InChI is InChI=1S/C11H15F2NO3/c1-6(14-5-10(17)11(12)13)8-3-2-7(15)4-9(8)16/h2-4,6,10-11,14-17H,5H2,1H3. The fraction of sp³-hybridized carbons (Fsp3) is 0.455. The van der Waals surface area contributed by atoms with Gasteiger partial charge in [-0.2, -0.15) is 0 Å². The van der Waals surface area contributed by atoms with Gasteiger partial charge in [0.05, 0.1) is 0 Å². The van der Waals surface area contributed by atoms with Crippen LogP contribution in [0.4, 0.5) is 8.78 Å². The molecular weight excluding hydrogens is 232 g/mol. The molecule has 2 atom stereocenters. The normalized spacial score (nSPS) is 14.9. The number of phenolic OH excluding ortho intramolecular Hbond substituents is 2. The molecule has 0 bridgehead atoms. The van der Waals surface area contributed by atoms with E-state index in [1.807, 2.05) is 0 Å². The molecular formula is C11H15F2NO3. The second kappa shape index (κ2) is 5.79. The van der Waals surface area contributed by atoms with E-state index in [0.717, 1.165) is 6.07 Å². The van der Waals surface area contributed by atoms with Crippen LogP contribution < -0.4 is 5.32 Å². The number of nitrogens with one attached hydrogen (secondary N) is 1. The molecule has 0 aliphatic carbocycles. The van der Waals surface area contributed by atoms with Gasteiger partial charge in [-0.1, -0.05) is 6.07 Å². The number of halogens is 2. The van der Waals surface area contributed by atoms with Gasteiger partial charge in [0, 0.05) is 24.2 Å². The minimum Gasteiger partial charge on any atom is -0.508 e. The van der Waals surface area contributed by atoms with Crippen LogP contribution in [0.15, 0.2) is 18.2 Å². The average molecular weight is 247 g/mol. The zero-order chi connectivity index (χ0) is 13.0. The van der Waals surface area contributed by atoms with E-state index in [1.54, 1.807) is 6.92 Å². The number of aromatic hydroxyl groups is 2. The number of benzene rings is 1. The lowest BCUT2D eigenvalue weighted by Gasteiger charge is -2.18. The van der Waals surface area contributed by atoms with Crippen LogP contribution in [0, 0.1) is 0 Å². The summed E-state index contributed by atoms with van der Waals surface area (Å²) in [6.07, 6.45) is -4.54. The minimum atomic E-state index is -2.80. The first-order valence-corrected chi connectivity index (χ1v) is 5.13. The zero-order valence-corrected chi connectivity index (χ0v) is 9.27. The van der Waals surface area contributed by atoms with Crippen LogP contribution in [-0.4, -0.2) is 34.4 Å². The molecule has 6 heteroatoms. The second-order valence-electron chi connectivity index (χ2n) is 3.77. The molecule has 1 aromatic carbocycles. The Morgan fingerprint density at radius 2 is 1.94 bits per heavy atom. The first-order valence-electron chi connectivity index (χ1n) is 5.13. The Labute approximate surface area is 97.5 Å². The smallest absolute Gasteiger partial charge is 0.265 e. The van der Waals surface area contributed by atoms with Gasteiger partial charge in [0.25, 0.3) is 6.43 Å². The molecule has 0 fully saturated rings. The van der Waals surface area contributed by atoms with Gasteiger partial charge < -0.3 is 20.6 Å². The van der Waals surface area contributed by atoms with Crippen molar-refractivity contribution in [3.63, 3.8) is 0 Å². The Balaban J connectivity index is 2.61. The highest BCUT2D eigenvalue weighted by molar-refractivity contribution is 5.40. The largest absolute Gasteiger partial charge is 0.508 e. The van der Waals surface area contributed by atoms with E-state index in [1.165, 1.54) is 12.1 Å². The number of alkyl halides is 2. The van der Waals surface area contributed by atoms with Crippen LogP contribution in [0.1, 0.15) is 18.5 Å². The SMILES string of the molecule is CC(NCC(O)C(F)F)c1ccc(O)cc1O. The molecule has 0 aliphatic rings. The van der Waals surface area contributed by atoms with Crippen molar-refractivity contribution < 1.29 is 24.1 Å². The van der Waals surface area contributed by atoms with Crippen molar-refractivity contribution in [1.29, 1.82) is 0 Å². The molecule has 96 valence electrons. The van der Waals surface area contributed by atoms with Gasteiger partial charge in [-0.05, 0) is 13.0 Å². The summed E-state index contributed by atoms with van der Waals surface area (Å²) in [5, 5.41) is 30.2. The van der Waals surface area contributed by atoms with E-state index in [2.05, 4.69) is 5.32 Å². The Bertz CT molecular complexity index is 374. The molecule has 0 heterocycles. The van der Waals surface area contributed by atoms with Crippen LogP contribution in [0.5, 0.6) is 11.5 Å². The molecule has 0 amide bonds. The zero-order valence-electron chi connectivity index (χ0n) is 9.27. The van der Waals surface area contributed by atoms with Crippen LogP contribution in [0.3, 0.4) is 0 Å². The van der Waals surface area contributed by atoms with Crippen molar-refractivity contribution in [1.82, 2.24) is 5.32 Å². The van der Waals surface area contributed by atoms with E-state index in [0.29, 0.717) is 5.56 Å². The third-order valence-corrected chi connectivity index (χ3v) is 2.40. The lowest BCUT2D eigenvalue weighted by Crippen LogP contribution is -2.33. The summed E-state index contributed by atoms with van der Waals surface area (Å²) in [7, 11) is 0. The third-order valence-electron chi connectivity index (χ3n) is 2.40. The maximum absolute atomic E-state index is 12.0. The van der Waals surface area contributed by atoms with Gasteiger partial charge in [0.1, 0.15) is 17.6 Å². The predicted molar refractivity (Wildman–Crippen MR) is 58.2 cm³/mol. The van der Waals surface area contributed by atoms with Crippen molar-refractivity contribution in [2.45, 2.75) is 25.5 Å². The van der Waals surface area contributed by atoms with E-state index < -0.39 is 18.6 Å². The summed E-state index contributed by atoms with van der Waals surface area (Å²) >= 11 is 0. The summed E-state index contributed by atoms with van der Waals surface area (Å²) in [6.45, 7) is 1.38. The lowest BCUT2D eigenvalue weighted by atomic mass is 10.1. The summed E-state index contributed by atoms with van der Waals surface area (Å²) < 4.78 is 24.1. The quantitative estimate of drug-likeness (QED) is 0.634. The van der Waals surface area contributed by atoms with Gasteiger partial charge in [-0.15, -0.1) is 0 Å². The molecule has 0 saturated carbocycles. The van der Waals surface area contributed by atoms with E-state index >= 15 is 0 Å². The number of aliphatic hydroxyl groups excluding tert-OH is 1. The summed E-state index contributed by atoms with van der Waals surface area (Å²) in [5.41, 5.74) is 0.462. The third kappa shape index (κ3) is 3.83. The summed E-state index contributed by atoms with van der Waals surface area (Å²) in [6, 6.07) is 3.62. The molecule has 0 aliphatic heterocycles. The number of phenols is 2. The molecule has 0 aromatic heterocycles. The maximum atomic E-state index is 12.0. The number of hydrogen-bond donors (Lipinski definition) is 4. The fourth-order valence-electron chi connectivity index (χ4n) is 1.39. The van der Waals surface area contributed by atoms with E-state index in [-0.39, 0.29) is 18.0 Å². The highest BCUT2D eigenvalue weighted by Gasteiger charge is 2.18. The molecule has 4 N–H and O–H groups in total. The van der Waals surface area contributed by atoms with Crippen LogP contribution in [0.2, 0.25) is 0 Å². The second-order valence-corrected chi connectivity index (χ2v) is 3.77. The van der Waals surface area contributed by atoms with E-state index in [9.17, 15) is 13.9 Å². The van der Waals surface area contributed by atoms with Crippen molar-refractivity contribution in [3.05, 3.63) is 23.8 Å². The highest BCUT2D eigenvalue weighted by Crippen LogP contribution is 2.27. The molecule has 17 heavy (non-hydrogen) atoms. The van der Waals surface area contributed by atoms with Crippen molar-refractivity contribution in [3.8, 4) is 11.5 Å². The van der Waals surface area contributed by atoms with Crippen LogP contribution in [-0.2, 0) is 0 Å². The predicted octanol–water partition coefficient (Wildman–Crippen LogP) is 1.37. The Morgan fingerprint density at radius 3 is 2.47 bits per heavy atom. The van der Waals surface area contributed by atoms with Gasteiger partial charge in [0.2, 0.25) is 0 Å².